The van der Waals surface area contributed by atoms with Crippen LogP contribution in [-0.2, 0) is 11.2 Å². The highest BCUT2D eigenvalue weighted by Crippen LogP contribution is 2.29. The van der Waals surface area contributed by atoms with Crippen LogP contribution in [-0.4, -0.2) is 24.7 Å². The molecule has 0 aliphatic heterocycles. The van der Waals surface area contributed by atoms with Crippen molar-refractivity contribution >= 4 is 5.91 Å². The number of amides is 1. The Kier molecular flexibility index (Phi) is 7.12. The van der Waals surface area contributed by atoms with Crippen LogP contribution in [0.4, 0.5) is 0 Å². The summed E-state index contributed by atoms with van der Waals surface area (Å²) in [7, 11) is 1.50. The first kappa shape index (κ1) is 21.4. The first-order valence-corrected chi connectivity index (χ1v) is 10.2. The fourth-order valence-corrected chi connectivity index (χ4v) is 3.63. The average molecular weight is 404 g/mol. The maximum Gasteiger partial charge on any atom is 0.224 e. The maximum absolute atomic E-state index is 12.4. The summed E-state index contributed by atoms with van der Waals surface area (Å²) >= 11 is 0. The maximum atomic E-state index is 12.4. The number of aryl methyl sites for hydroxylation is 2. The molecule has 0 saturated carbocycles. The van der Waals surface area contributed by atoms with E-state index in [9.17, 15) is 9.90 Å². The molecule has 0 fully saturated rings. The van der Waals surface area contributed by atoms with E-state index in [2.05, 4.69) is 61.6 Å². The third-order valence-corrected chi connectivity index (χ3v) is 5.50. The Bertz CT molecular complexity index is 998. The molecule has 0 radical (unpaired) electrons. The van der Waals surface area contributed by atoms with Gasteiger partial charge >= 0.3 is 0 Å². The molecule has 156 valence electrons. The van der Waals surface area contributed by atoms with Crippen molar-refractivity contribution in [3.05, 3.63) is 94.5 Å². The van der Waals surface area contributed by atoms with Crippen LogP contribution in [0.3, 0.4) is 0 Å². The smallest absolute Gasteiger partial charge is 0.224 e. The van der Waals surface area contributed by atoms with Gasteiger partial charge in [0.25, 0.3) is 0 Å². The Balaban J connectivity index is 1.66. The van der Waals surface area contributed by atoms with Crippen LogP contribution in [0.15, 0.2) is 66.7 Å². The van der Waals surface area contributed by atoms with Crippen molar-refractivity contribution in [3.63, 3.8) is 0 Å². The summed E-state index contributed by atoms with van der Waals surface area (Å²) in [5.41, 5.74) is 5.87. The van der Waals surface area contributed by atoms with E-state index in [1.165, 1.54) is 29.4 Å². The van der Waals surface area contributed by atoms with Gasteiger partial charge in [-0.15, -0.1) is 0 Å². The van der Waals surface area contributed by atoms with E-state index < -0.39 is 0 Å². The van der Waals surface area contributed by atoms with Gasteiger partial charge in [0.15, 0.2) is 11.5 Å². The number of benzene rings is 3. The molecule has 1 unspecified atom stereocenters. The summed E-state index contributed by atoms with van der Waals surface area (Å²) < 4.78 is 5.11. The van der Waals surface area contributed by atoms with E-state index >= 15 is 0 Å². The predicted octanol–water partition coefficient (Wildman–Crippen LogP) is 4.90. The van der Waals surface area contributed by atoms with E-state index in [-0.39, 0.29) is 24.0 Å². The van der Waals surface area contributed by atoms with Crippen LogP contribution in [0.1, 0.15) is 40.2 Å². The Labute approximate surface area is 178 Å². The number of nitrogens with one attached hydrogen (secondary N) is 1. The molecule has 0 bridgehead atoms. The first-order valence-electron chi connectivity index (χ1n) is 10.2. The average Bonchev–Trinajstić information content (AvgIpc) is 2.75. The molecule has 2 N–H and O–H groups in total. The van der Waals surface area contributed by atoms with Gasteiger partial charge in [0.2, 0.25) is 5.91 Å². The molecule has 0 saturated heterocycles. The van der Waals surface area contributed by atoms with Gasteiger partial charge in [-0.25, -0.2) is 0 Å². The van der Waals surface area contributed by atoms with E-state index in [1.807, 2.05) is 6.07 Å². The number of aromatic hydroxyl groups is 1. The lowest BCUT2D eigenvalue weighted by atomic mass is 9.87. The summed E-state index contributed by atoms with van der Waals surface area (Å²) in [5, 5.41) is 12.7. The van der Waals surface area contributed by atoms with Gasteiger partial charge in [-0.1, -0.05) is 54.6 Å². The van der Waals surface area contributed by atoms with Crippen molar-refractivity contribution in [1.29, 1.82) is 0 Å². The molecular weight excluding hydrogens is 374 g/mol. The van der Waals surface area contributed by atoms with Gasteiger partial charge in [-0.2, -0.15) is 0 Å². The standard InChI is InChI=1S/C26H29NO3/c1-18-9-11-22(15-19(18)2)23(21-7-5-4-6-8-21)13-14-27-26(29)17-20-10-12-24(28)25(16-20)30-3/h4-12,15-16,23,28H,13-14,17H2,1-3H3,(H,27,29). The van der Waals surface area contributed by atoms with Crippen molar-refractivity contribution in [1.82, 2.24) is 5.32 Å². The molecule has 4 nitrogen and oxygen atoms in total. The van der Waals surface area contributed by atoms with E-state index in [0.29, 0.717) is 12.3 Å². The van der Waals surface area contributed by atoms with Crippen LogP contribution in [0.2, 0.25) is 0 Å². The number of ether oxygens (including phenoxy) is 1. The number of phenolic OH excluding ortho intramolecular Hbond substituents is 1. The minimum atomic E-state index is -0.0466. The van der Waals surface area contributed by atoms with Crippen LogP contribution in [0.5, 0.6) is 11.5 Å². The van der Waals surface area contributed by atoms with Gasteiger partial charge in [0.1, 0.15) is 0 Å². The van der Waals surface area contributed by atoms with Gasteiger partial charge < -0.3 is 15.2 Å². The number of hydrogen-bond acceptors (Lipinski definition) is 3. The Morgan fingerprint density at radius 2 is 1.73 bits per heavy atom. The Morgan fingerprint density at radius 1 is 0.967 bits per heavy atom. The molecule has 0 heterocycles. The number of phenols is 1. The summed E-state index contributed by atoms with van der Waals surface area (Å²) in [6.07, 6.45) is 1.06. The number of methoxy groups -OCH3 is 1. The van der Waals surface area contributed by atoms with Crippen LogP contribution in [0, 0.1) is 13.8 Å². The third-order valence-electron chi connectivity index (χ3n) is 5.50. The molecule has 3 aromatic rings. The normalized spacial score (nSPS) is 11.7. The molecule has 0 aliphatic carbocycles. The second kappa shape index (κ2) is 9.97. The van der Waals surface area contributed by atoms with Crippen LogP contribution < -0.4 is 10.1 Å². The zero-order valence-electron chi connectivity index (χ0n) is 17.8. The molecule has 3 aromatic carbocycles. The van der Waals surface area contributed by atoms with Crippen LogP contribution in [0.25, 0.3) is 0 Å². The second-order valence-electron chi connectivity index (χ2n) is 7.63. The molecular formula is C26H29NO3. The summed E-state index contributed by atoms with van der Waals surface area (Å²) in [5.74, 6) is 0.620. The summed E-state index contributed by atoms with van der Waals surface area (Å²) in [6.45, 7) is 4.84. The first-order chi connectivity index (χ1) is 14.5. The zero-order chi connectivity index (χ0) is 21.5. The molecule has 0 aromatic heterocycles. The van der Waals surface area contributed by atoms with Gasteiger partial charge in [-0.3, -0.25) is 4.79 Å². The van der Waals surface area contributed by atoms with Gasteiger partial charge in [0.05, 0.1) is 13.5 Å². The van der Waals surface area contributed by atoms with Crippen molar-refractivity contribution in [2.24, 2.45) is 0 Å². The number of carbonyl (C=O) groups excluding carboxylic acids is 1. The van der Waals surface area contributed by atoms with Crippen molar-refractivity contribution in [3.8, 4) is 11.5 Å². The molecule has 3 rings (SSSR count). The number of rotatable bonds is 8. The molecule has 0 spiro atoms. The summed E-state index contributed by atoms with van der Waals surface area (Å²) in [4.78, 5) is 12.4. The van der Waals surface area contributed by atoms with Crippen molar-refractivity contribution in [2.45, 2.75) is 32.6 Å². The Morgan fingerprint density at radius 3 is 2.43 bits per heavy atom. The number of hydrogen-bond donors (Lipinski definition) is 2. The minimum Gasteiger partial charge on any atom is -0.504 e. The molecule has 0 aliphatic rings. The lowest BCUT2D eigenvalue weighted by molar-refractivity contribution is -0.120. The van der Waals surface area contributed by atoms with E-state index in [0.717, 1.165) is 12.0 Å². The zero-order valence-corrected chi connectivity index (χ0v) is 17.8. The molecule has 30 heavy (non-hydrogen) atoms. The second-order valence-corrected chi connectivity index (χ2v) is 7.63. The fraction of sp³-hybridized carbons (Fsp3) is 0.269. The fourth-order valence-electron chi connectivity index (χ4n) is 3.63. The SMILES string of the molecule is COc1cc(CC(=O)NCCC(c2ccccc2)c2ccc(C)c(C)c2)ccc1O. The predicted molar refractivity (Wildman–Crippen MR) is 120 cm³/mol. The van der Waals surface area contributed by atoms with Gasteiger partial charge in [0, 0.05) is 12.5 Å². The largest absolute Gasteiger partial charge is 0.504 e. The minimum absolute atomic E-state index is 0.0466. The molecule has 4 heteroatoms. The topological polar surface area (TPSA) is 58.6 Å². The summed E-state index contributed by atoms with van der Waals surface area (Å²) in [6, 6.07) is 22.0. The van der Waals surface area contributed by atoms with Crippen molar-refractivity contribution < 1.29 is 14.6 Å². The molecule has 1 amide bonds. The van der Waals surface area contributed by atoms with Gasteiger partial charge in [-0.05, 0) is 60.2 Å². The van der Waals surface area contributed by atoms with E-state index in [1.54, 1.807) is 18.2 Å². The van der Waals surface area contributed by atoms with Crippen LogP contribution >= 0.6 is 0 Å². The lowest BCUT2D eigenvalue weighted by Gasteiger charge is -2.19. The molecule has 1 atom stereocenters. The van der Waals surface area contributed by atoms with Crippen molar-refractivity contribution in [2.75, 3.05) is 13.7 Å². The monoisotopic (exact) mass is 403 g/mol. The highest BCUT2D eigenvalue weighted by Gasteiger charge is 2.15. The quantitative estimate of drug-likeness (QED) is 0.562. The highest BCUT2D eigenvalue weighted by atomic mass is 16.5. The highest BCUT2D eigenvalue weighted by molar-refractivity contribution is 5.78. The number of carbonyl (C=O) groups is 1. The lowest BCUT2D eigenvalue weighted by Crippen LogP contribution is -2.27. The third kappa shape index (κ3) is 5.41. The van der Waals surface area contributed by atoms with E-state index in [4.69, 9.17) is 4.74 Å². The Hall–Kier alpha value is -3.27.